The van der Waals surface area contributed by atoms with Gasteiger partial charge in [0.1, 0.15) is 5.76 Å². The van der Waals surface area contributed by atoms with E-state index in [-0.39, 0.29) is 28.9 Å². The standard InChI is InChI=1S/C16H25N3O4S/c1-12-8-13(19-23-12)18-15(21)10-24-9-14(20)17-11-16(22-2)6-4-3-5-7-16/h8H,3-7,9-11H2,1-2H3,(H,17,20)(H,18,19,21). The highest BCUT2D eigenvalue weighted by Gasteiger charge is 2.32. The summed E-state index contributed by atoms with van der Waals surface area (Å²) in [5.41, 5.74) is -0.221. The van der Waals surface area contributed by atoms with Gasteiger partial charge in [0.05, 0.1) is 17.1 Å². The molecule has 1 aliphatic rings. The highest BCUT2D eigenvalue weighted by atomic mass is 32.2. The van der Waals surface area contributed by atoms with Crippen LogP contribution >= 0.6 is 11.8 Å². The Hall–Kier alpha value is -1.54. The van der Waals surface area contributed by atoms with E-state index in [9.17, 15) is 9.59 Å². The molecule has 1 aliphatic carbocycles. The number of hydrogen-bond donors (Lipinski definition) is 2. The van der Waals surface area contributed by atoms with E-state index in [0.717, 1.165) is 25.7 Å². The lowest BCUT2D eigenvalue weighted by molar-refractivity contribution is -0.120. The van der Waals surface area contributed by atoms with Gasteiger partial charge in [-0.15, -0.1) is 11.8 Å². The minimum absolute atomic E-state index is 0.0768. The van der Waals surface area contributed by atoms with Crippen LogP contribution in [0.15, 0.2) is 10.6 Å². The van der Waals surface area contributed by atoms with Crippen molar-refractivity contribution in [2.75, 3.05) is 30.5 Å². The lowest BCUT2D eigenvalue weighted by Gasteiger charge is -2.36. The van der Waals surface area contributed by atoms with Gasteiger partial charge >= 0.3 is 0 Å². The Morgan fingerprint density at radius 2 is 2.00 bits per heavy atom. The van der Waals surface area contributed by atoms with Crippen LogP contribution in [0.2, 0.25) is 0 Å². The van der Waals surface area contributed by atoms with Gasteiger partial charge in [-0.1, -0.05) is 24.4 Å². The van der Waals surface area contributed by atoms with E-state index in [2.05, 4.69) is 15.8 Å². The van der Waals surface area contributed by atoms with E-state index in [0.29, 0.717) is 18.1 Å². The fourth-order valence-electron chi connectivity index (χ4n) is 2.80. The summed E-state index contributed by atoms with van der Waals surface area (Å²) in [5.74, 6) is 1.17. The summed E-state index contributed by atoms with van der Waals surface area (Å²) in [6.45, 7) is 2.29. The second-order valence-corrected chi connectivity index (χ2v) is 7.07. The molecule has 1 heterocycles. The number of nitrogens with zero attached hydrogens (tertiary/aromatic N) is 1. The molecule has 0 aromatic carbocycles. The maximum absolute atomic E-state index is 11.9. The first-order valence-corrected chi connectivity index (χ1v) is 9.31. The number of amides is 2. The zero-order valence-corrected chi connectivity index (χ0v) is 15.0. The van der Waals surface area contributed by atoms with Gasteiger partial charge in [-0.25, -0.2) is 0 Å². The second-order valence-electron chi connectivity index (χ2n) is 6.09. The van der Waals surface area contributed by atoms with Gasteiger partial charge in [0.2, 0.25) is 11.8 Å². The van der Waals surface area contributed by atoms with Crippen molar-refractivity contribution in [1.82, 2.24) is 10.5 Å². The Kier molecular flexibility index (Phi) is 7.11. The number of nitrogens with one attached hydrogen (secondary N) is 2. The summed E-state index contributed by atoms with van der Waals surface area (Å²) in [6, 6.07) is 1.64. The first kappa shape index (κ1) is 18.8. The summed E-state index contributed by atoms with van der Waals surface area (Å²) in [5, 5.41) is 9.23. The molecule has 1 fully saturated rings. The van der Waals surface area contributed by atoms with Crippen molar-refractivity contribution in [3.63, 3.8) is 0 Å². The highest BCUT2D eigenvalue weighted by Crippen LogP contribution is 2.30. The zero-order chi connectivity index (χ0) is 17.4. The molecule has 0 spiro atoms. The van der Waals surface area contributed by atoms with Crippen LogP contribution in [0.25, 0.3) is 0 Å². The Morgan fingerprint density at radius 1 is 1.29 bits per heavy atom. The molecule has 0 atom stereocenters. The third-order valence-electron chi connectivity index (χ3n) is 4.17. The van der Waals surface area contributed by atoms with E-state index >= 15 is 0 Å². The predicted octanol–water partition coefficient (Wildman–Crippen LogP) is 2.12. The topological polar surface area (TPSA) is 93.5 Å². The largest absolute Gasteiger partial charge is 0.376 e. The van der Waals surface area contributed by atoms with Crippen molar-refractivity contribution in [1.29, 1.82) is 0 Å². The van der Waals surface area contributed by atoms with Gasteiger partial charge in [-0.2, -0.15) is 0 Å². The van der Waals surface area contributed by atoms with Gasteiger partial charge in [0.25, 0.3) is 0 Å². The van der Waals surface area contributed by atoms with Crippen molar-refractivity contribution in [2.45, 2.75) is 44.6 Å². The monoisotopic (exact) mass is 355 g/mol. The number of hydrogen-bond acceptors (Lipinski definition) is 6. The lowest BCUT2D eigenvalue weighted by atomic mass is 9.84. The molecular weight excluding hydrogens is 330 g/mol. The van der Waals surface area contributed by atoms with Gasteiger partial charge in [0.15, 0.2) is 5.82 Å². The number of carbonyl (C=O) groups is 2. The van der Waals surface area contributed by atoms with Crippen molar-refractivity contribution >= 4 is 29.4 Å². The van der Waals surface area contributed by atoms with E-state index < -0.39 is 0 Å². The third-order valence-corrected chi connectivity index (χ3v) is 5.10. The van der Waals surface area contributed by atoms with Crippen LogP contribution in [0.3, 0.4) is 0 Å². The summed E-state index contributed by atoms with van der Waals surface area (Å²) >= 11 is 1.27. The predicted molar refractivity (Wildman–Crippen MR) is 93.0 cm³/mol. The van der Waals surface area contributed by atoms with Crippen molar-refractivity contribution in [3.8, 4) is 0 Å². The van der Waals surface area contributed by atoms with Crippen LogP contribution < -0.4 is 10.6 Å². The molecule has 134 valence electrons. The van der Waals surface area contributed by atoms with Crippen LogP contribution in [-0.2, 0) is 14.3 Å². The Balaban J connectivity index is 1.63. The molecule has 2 amide bonds. The van der Waals surface area contributed by atoms with Crippen LogP contribution in [0, 0.1) is 6.92 Å². The first-order chi connectivity index (χ1) is 11.5. The van der Waals surface area contributed by atoms with E-state index in [4.69, 9.17) is 9.26 Å². The number of ether oxygens (including phenoxy) is 1. The molecule has 0 unspecified atom stereocenters. The third kappa shape index (κ3) is 5.83. The Bertz CT molecular complexity index is 555. The van der Waals surface area contributed by atoms with Crippen LogP contribution in [-0.4, -0.2) is 47.7 Å². The van der Waals surface area contributed by atoms with E-state index in [1.807, 2.05) is 0 Å². The number of aryl methyl sites for hydroxylation is 1. The van der Waals surface area contributed by atoms with Crippen LogP contribution in [0.1, 0.15) is 37.9 Å². The quantitative estimate of drug-likeness (QED) is 0.742. The first-order valence-electron chi connectivity index (χ1n) is 8.16. The van der Waals surface area contributed by atoms with Gasteiger partial charge in [0, 0.05) is 19.7 Å². The van der Waals surface area contributed by atoms with Crippen molar-refractivity contribution in [3.05, 3.63) is 11.8 Å². The molecule has 1 aromatic heterocycles. The molecule has 0 aliphatic heterocycles. The van der Waals surface area contributed by atoms with E-state index in [1.165, 1.54) is 18.2 Å². The summed E-state index contributed by atoms with van der Waals surface area (Å²) < 4.78 is 10.5. The fourth-order valence-corrected chi connectivity index (χ4v) is 3.45. The number of methoxy groups -OCH3 is 1. The normalized spacial score (nSPS) is 16.6. The molecule has 0 saturated heterocycles. The summed E-state index contributed by atoms with van der Waals surface area (Å²) in [6.07, 6.45) is 5.47. The van der Waals surface area contributed by atoms with Crippen LogP contribution in [0.5, 0.6) is 0 Å². The molecule has 24 heavy (non-hydrogen) atoms. The molecule has 1 aromatic rings. The summed E-state index contributed by atoms with van der Waals surface area (Å²) in [7, 11) is 1.71. The number of carbonyl (C=O) groups excluding carboxylic acids is 2. The average Bonchev–Trinajstić information content (AvgIpc) is 2.98. The summed E-state index contributed by atoms with van der Waals surface area (Å²) in [4.78, 5) is 23.7. The number of anilines is 1. The number of thioether (sulfide) groups is 1. The fraction of sp³-hybridized carbons (Fsp3) is 0.688. The Labute approximate surface area is 146 Å². The molecule has 7 nitrogen and oxygen atoms in total. The maximum Gasteiger partial charge on any atom is 0.235 e. The number of rotatable bonds is 8. The molecule has 2 N–H and O–H groups in total. The molecule has 2 rings (SSSR count). The smallest absolute Gasteiger partial charge is 0.235 e. The van der Waals surface area contributed by atoms with Gasteiger partial charge in [-0.05, 0) is 19.8 Å². The van der Waals surface area contributed by atoms with Crippen molar-refractivity contribution in [2.24, 2.45) is 0 Å². The second kappa shape index (κ2) is 9.08. The molecule has 0 bridgehead atoms. The van der Waals surface area contributed by atoms with Gasteiger partial charge < -0.3 is 19.9 Å². The Morgan fingerprint density at radius 3 is 2.62 bits per heavy atom. The van der Waals surface area contributed by atoms with E-state index in [1.54, 1.807) is 20.1 Å². The molecule has 0 radical (unpaired) electrons. The minimum atomic E-state index is -0.221. The van der Waals surface area contributed by atoms with Crippen molar-refractivity contribution < 1.29 is 18.8 Å². The highest BCUT2D eigenvalue weighted by molar-refractivity contribution is 8.00. The zero-order valence-electron chi connectivity index (χ0n) is 14.2. The average molecular weight is 355 g/mol. The molecule has 1 saturated carbocycles. The number of aromatic nitrogens is 1. The minimum Gasteiger partial charge on any atom is -0.376 e. The lowest BCUT2D eigenvalue weighted by Crippen LogP contribution is -2.46. The maximum atomic E-state index is 11.9. The van der Waals surface area contributed by atoms with Crippen LogP contribution in [0.4, 0.5) is 5.82 Å². The SMILES string of the molecule is COC1(CNC(=O)CSCC(=O)Nc2cc(C)on2)CCCCC1. The van der Waals surface area contributed by atoms with Gasteiger partial charge in [-0.3, -0.25) is 9.59 Å². The molecule has 8 heteroatoms. The molecular formula is C16H25N3O4S.